The highest BCUT2D eigenvalue weighted by atomic mass is 16.2. The monoisotopic (exact) mass is 367 g/mol. The van der Waals surface area contributed by atoms with Crippen LogP contribution in [0.1, 0.15) is 57.1 Å². The fourth-order valence-corrected chi connectivity index (χ4v) is 6.78. The maximum atomic E-state index is 13.7. The SMILES string of the molecule is Cc1cccc(NC(=O)C2CCCN2C(=O)C23CC4CC(CC(C4)C2)C3)n1. The van der Waals surface area contributed by atoms with Gasteiger partial charge in [-0.1, -0.05) is 6.07 Å². The summed E-state index contributed by atoms with van der Waals surface area (Å²) >= 11 is 0. The highest BCUT2D eigenvalue weighted by molar-refractivity contribution is 5.97. The molecular weight excluding hydrogens is 338 g/mol. The third-order valence-corrected chi connectivity index (χ3v) is 7.45. The minimum Gasteiger partial charge on any atom is -0.330 e. The summed E-state index contributed by atoms with van der Waals surface area (Å²) in [7, 11) is 0. The Bertz CT molecular complexity index is 739. The number of amides is 2. The van der Waals surface area contributed by atoms with Gasteiger partial charge < -0.3 is 10.2 Å². The molecule has 1 aromatic heterocycles. The molecule has 4 bridgehead atoms. The largest absolute Gasteiger partial charge is 0.330 e. The van der Waals surface area contributed by atoms with E-state index in [0.29, 0.717) is 5.82 Å². The summed E-state index contributed by atoms with van der Waals surface area (Å²) in [5.41, 5.74) is 0.708. The van der Waals surface area contributed by atoms with E-state index in [1.165, 1.54) is 19.3 Å². The molecule has 5 fully saturated rings. The third-order valence-electron chi connectivity index (χ3n) is 7.45. The molecule has 1 atom stereocenters. The van der Waals surface area contributed by atoms with E-state index in [9.17, 15) is 9.59 Å². The first-order valence-corrected chi connectivity index (χ1v) is 10.6. The van der Waals surface area contributed by atoms with Crippen LogP contribution in [-0.4, -0.2) is 34.3 Å². The minimum atomic E-state index is -0.340. The van der Waals surface area contributed by atoms with Crippen molar-refractivity contribution in [2.75, 3.05) is 11.9 Å². The van der Waals surface area contributed by atoms with Crippen molar-refractivity contribution in [1.82, 2.24) is 9.88 Å². The van der Waals surface area contributed by atoms with Crippen molar-refractivity contribution in [3.63, 3.8) is 0 Å². The van der Waals surface area contributed by atoms with Crippen LogP contribution in [-0.2, 0) is 9.59 Å². The van der Waals surface area contributed by atoms with Crippen LogP contribution >= 0.6 is 0 Å². The maximum absolute atomic E-state index is 13.7. The molecule has 4 saturated carbocycles. The molecule has 0 aromatic carbocycles. The number of rotatable bonds is 3. The van der Waals surface area contributed by atoms with Crippen molar-refractivity contribution >= 4 is 17.6 Å². The Morgan fingerprint density at radius 3 is 2.41 bits per heavy atom. The summed E-state index contributed by atoms with van der Waals surface area (Å²) in [4.78, 5) is 32.9. The summed E-state index contributed by atoms with van der Waals surface area (Å²) in [6, 6.07) is 5.28. The van der Waals surface area contributed by atoms with Crippen molar-refractivity contribution in [1.29, 1.82) is 0 Å². The number of nitrogens with zero attached hydrogens (tertiary/aromatic N) is 2. The van der Waals surface area contributed by atoms with Crippen LogP contribution in [0.4, 0.5) is 5.82 Å². The lowest BCUT2D eigenvalue weighted by atomic mass is 9.49. The number of aromatic nitrogens is 1. The van der Waals surface area contributed by atoms with Gasteiger partial charge in [-0.2, -0.15) is 0 Å². The molecule has 1 aliphatic heterocycles. The molecule has 144 valence electrons. The Balaban J connectivity index is 1.33. The van der Waals surface area contributed by atoms with Crippen molar-refractivity contribution in [3.8, 4) is 0 Å². The van der Waals surface area contributed by atoms with Crippen LogP contribution in [0.2, 0.25) is 0 Å². The predicted octanol–water partition coefficient (Wildman–Crippen LogP) is 3.54. The number of aryl methyl sites for hydroxylation is 1. The molecule has 5 heteroatoms. The molecular formula is C22H29N3O2. The number of carbonyl (C=O) groups excluding carboxylic acids is 2. The van der Waals surface area contributed by atoms with E-state index in [2.05, 4.69) is 10.3 Å². The van der Waals surface area contributed by atoms with Crippen LogP contribution in [0.5, 0.6) is 0 Å². The number of hydrogen-bond donors (Lipinski definition) is 1. The van der Waals surface area contributed by atoms with Crippen LogP contribution in [0.25, 0.3) is 0 Å². The molecule has 1 aromatic rings. The zero-order chi connectivity index (χ0) is 18.6. The van der Waals surface area contributed by atoms with Gasteiger partial charge in [-0.05, 0) is 88.2 Å². The Kier molecular flexibility index (Phi) is 4.03. The fourth-order valence-electron chi connectivity index (χ4n) is 6.78. The summed E-state index contributed by atoms with van der Waals surface area (Å²) in [5.74, 6) is 3.00. The van der Waals surface area contributed by atoms with Gasteiger partial charge >= 0.3 is 0 Å². The Hall–Kier alpha value is -1.91. The number of anilines is 1. The molecule has 27 heavy (non-hydrogen) atoms. The highest BCUT2D eigenvalue weighted by Crippen LogP contribution is 2.60. The van der Waals surface area contributed by atoms with Gasteiger partial charge in [0.05, 0.1) is 5.41 Å². The molecule has 0 spiro atoms. The second-order valence-electron chi connectivity index (χ2n) is 9.51. The Labute approximate surface area is 160 Å². The van der Waals surface area contributed by atoms with E-state index < -0.39 is 0 Å². The standard InChI is InChI=1S/C22H29N3O2/c1-14-4-2-6-19(23-14)24-20(26)18-5-3-7-25(18)21(27)22-11-15-8-16(12-22)10-17(9-15)13-22/h2,4,6,15-18H,3,5,7-13H2,1H3,(H,23,24,26). The zero-order valence-corrected chi connectivity index (χ0v) is 16.1. The molecule has 4 aliphatic carbocycles. The molecule has 5 nitrogen and oxygen atoms in total. The van der Waals surface area contributed by atoms with Crippen LogP contribution in [0.15, 0.2) is 18.2 Å². The lowest BCUT2D eigenvalue weighted by Gasteiger charge is -2.56. The molecule has 0 radical (unpaired) electrons. The molecule has 1 unspecified atom stereocenters. The van der Waals surface area contributed by atoms with Gasteiger partial charge in [0.2, 0.25) is 11.8 Å². The van der Waals surface area contributed by atoms with Crippen molar-refractivity contribution < 1.29 is 9.59 Å². The minimum absolute atomic E-state index is 0.0799. The van der Waals surface area contributed by atoms with Crippen LogP contribution in [0, 0.1) is 30.1 Å². The van der Waals surface area contributed by atoms with Crippen LogP contribution in [0.3, 0.4) is 0 Å². The molecule has 2 amide bonds. The van der Waals surface area contributed by atoms with E-state index >= 15 is 0 Å². The van der Waals surface area contributed by atoms with Gasteiger partial charge in [-0.3, -0.25) is 9.59 Å². The topological polar surface area (TPSA) is 62.3 Å². The van der Waals surface area contributed by atoms with Gasteiger partial charge in [0.1, 0.15) is 11.9 Å². The molecule has 1 saturated heterocycles. The van der Waals surface area contributed by atoms with Gasteiger partial charge in [-0.25, -0.2) is 4.98 Å². The van der Waals surface area contributed by atoms with E-state index in [1.54, 1.807) is 0 Å². The maximum Gasteiger partial charge on any atom is 0.248 e. The quantitative estimate of drug-likeness (QED) is 0.889. The van der Waals surface area contributed by atoms with E-state index in [0.717, 1.165) is 62.1 Å². The van der Waals surface area contributed by atoms with E-state index in [-0.39, 0.29) is 23.3 Å². The highest BCUT2D eigenvalue weighted by Gasteiger charge is 2.56. The molecule has 5 aliphatic rings. The normalized spacial score (nSPS) is 36.9. The fraction of sp³-hybridized carbons (Fsp3) is 0.682. The first-order chi connectivity index (χ1) is 13.0. The van der Waals surface area contributed by atoms with Gasteiger partial charge in [0, 0.05) is 12.2 Å². The first kappa shape index (κ1) is 17.2. The second kappa shape index (κ2) is 6.32. The Morgan fingerprint density at radius 1 is 1.11 bits per heavy atom. The number of likely N-dealkylation sites (tertiary alicyclic amines) is 1. The average Bonchev–Trinajstić information content (AvgIpc) is 3.09. The van der Waals surface area contributed by atoms with Crippen molar-refractivity contribution in [2.24, 2.45) is 23.2 Å². The van der Waals surface area contributed by atoms with Gasteiger partial charge in [-0.15, -0.1) is 0 Å². The van der Waals surface area contributed by atoms with Gasteiger partial charge in [0.25, 0.3) is 0 Å². The second-order valence-corrected chi connectivity index (χ2v) is 9.51. The van der Waals surface area contributed by atoms with E-state index in [1.807, 2.05) is 30.0 Å². The molecule has 2 heterocycles. The van der Waals surface area contributed by atoms with Crippen molar-refractivity contribution in [3.05, 3.63) is 23.9 Å². The number of hydrogen-bond acceptors (Lipinski definition) is 3. The lowest BCUT2D eigenvalue weighted by molar-refractivity contribution is -0.160. The van der Waals surface area contributed by atoms with Gasteiger partial charge in [0.15, 0.2) is 0 Å². The average molecular weight is 367 g/mol. The summed E-state index contributed by atoms with van der Waals surface area (Å²) in [6.45, 7) is 2.63. The number of nitrogens with one attached hydrogen (secondary N) is 1. The van der Waals surface area contributed by atoms with E-state index in [4.69, 9.17) is 0 Å². The first-order valence-electron chi connectivity index (χ1n) is 10.6. The Morgan fingerprint density at radius 2 is 1.78 bits per heavy atom. The smallest absolute Gasteiger partial charge is 0.248 e. The van der Waals surface area contributed by atoms with Crippen molar-refractivity contribution in [2.45, 2.75) is 64.3 Å². The third kappa shape index (κ3) is 2.95. The zero-order valence-electron chi connectivity index (χ0n) is 16.1. The summed E-state index contributed by atoms with van der Waals surface area (Å²) in [5, 5.41) is 2.94. The van der Waals surface area contributed by atoms with Crippen LogP contribution < -0.4 is 5.32 Å². The number of pyridine rings is 1. The number of carbonyl (C=O) groups is 2. The molecule has 1 N–H and O–H groups in total. The summed E-state index contributed by atoms with van der Waals surface area (Å²) in [6.07, 6.45) is 8.83. The lowest BCUT2D eigenvalue weighted by Crippen LogP contribution is -2.56. The predicted molar refractivity (Wildman–Crippen MR) is 103 cm³/mol. The summed E-state index contributed by atoms with van der Waals surface area (Å²) < 4.78 is 0. The molecule has 6 rings (SSSR count).